The quantitative estimate of drug-likeness (QED) is 0.935. The Hall–Kier alpha value is -1.46. The van der Waals surface area contributed by atoms with Crippen molar-refractivity contribution in [2.45, 2.75) is 25.3 Å². The van der Waals surface area contributed by atoms with Crippen LogP contribution in [0.3, 0.4) is 0 Å². The lowest BCUT2D eigenvalue weighted by Gasteiger charge is -2.21. The summed E-state index contributed by atoms with van der Waals surface area (Å²) in [5.74, 6) is 0.634. The van der Waals surface area contributed by atoms with Gasteiger partial charge in [0.25, 0.3) is 0 Å². The van der Waals surface area contributed by atoms with Gasteiger partial charge < -0.3 is 10.1 Å². The van der Waals surface area contributed by atoms with Crippen molar-refractivity contribution in [3.05, 3.63) is 29.4 Å². The number of hydrogen-bond acceptors (Lipinski definition) is 5. The van der Waals surface area contributed by atoms with Crippen molar-refractivity contribution in [2.24, 2.45) is 0 Å². The molecule has 0 aromatic carbocycles. The molecule has 0 aliphatic carbocycles. The molecule has 19 heavy (non-hydrogen) atoms. The SMILES string of the molecule is COc1ccc(-c2nc([C@H]3CCCCN3)cs2)cn1. The van der Waals surface area contributed by atoms with E-state index in [1.165, 1.54) is 19.3 Å². The van der Waals surface area contributed by atoms with Gasteiger partial charge >= 0.3 is 0 Å². The summed E-state index contributed by atoms with van der Waals surface area (Å²) >= 11 is 1.68. The summed E-state index contributed by atoms with van der Waals surface area (Å²) in [5, 5.41) is 6.71. The second kappa shape index (κ2) is 5.67. The van der Waals surface area contributed by atoms with Crippen molar-refractivity contribution in [3.8, 4) is 16.5 Å². The maximum atomic E-state index is 5.07. The molecule has 5 heteroatoms. The van der Waals surface area contributed by atoms with E-state index >= 15 is 0 Å². The Balaban J connectivity index is 1.79. The van der Waals surface area contributed by atoms with E-state index in [1.807, 2.05) is 18.3 Å². The van der Waals surface area contributed by atoms with Gasteiger partial charge in [0.15, 0.2) is 0 Å². The Labute approximate surface area is 116 Å². The summed E-state index contributed by atoms with van der Waals surface area (Å²) < 4.78 is 5.07. The Kier molecular flexibility index (Phi) is 3.75. The average molecular weight is 275 g/mol. The third-order valence-corrected chi connectivity index (χ3v) is 4.29. The molecule has 1 fully saturated rings. The van der Waals surface area contributed by atoms with Crippen LogP contribution in [0.4, 0.5) is 0 Å². The summed E-state index contributed by atoms with van der Waals surface area (Å²) in [6, 6.07) is 4.29. The zero-order valence-corrected chi connectivity index (χ0v) is 11.7. The second-order valence-electron chi connectivity index (χ2n) is 4.67. The lowest BCUT2D eigenvalue weighted by molar-refractivity contribution is 0.398. The number of piperidine rings is 1. The summed E-state index contributed by atoms with van der Waals surface area (Å²) in [5.41, 5.74) is 2.21. The highest BCUT2D eigenvalue weighted by Gasteiger charge is 2.17. The zero-order valence-electron chi connectivity index (χ0n) is 10.9. The third-order valence-electron chi connectivity index (χ3n) is 3.38. The van der Waals surface area contributed by atoms with Gasteiger partial charge in [-0.15, -0.1) is 11.3 Å². The summed E-state index contributed by atoms with van der Waals surface area (Å²) in [4.78, 5) is 8.96. The molecule has 1 N–H and O–H groups in total. The van der Waals surface area contributed by atoms with Crippen molar-refractivity contribution >= 4 is 11.3 Å². The number of hydrogen-bond donors (Lipinski definition) is 1. The fourth-order valence-electron chi connectivity index (χ4n) is 2.31. The van der Waals surface area contributed by atoms with Crippen LogP contribution in [0.25, 0.3) is 10.6 Å². The van der Waals surface area contributed by atoms with Gasteiger partial charge in [-0.25, -0.2) is 9.97 Å². The number of nitrogens with zero attached hydrogens (tertiary/aromatic N) is 2. The molecule has 100 valence electrons. The van der Waals surface area contributed by atoms with Crippen molar-refractivity contribution in [1.82, 2.24) is 15.3 Å². The summed E-state index contributed by atoms with van der Waals surface area (Å²) in [6.45, 7) is 1.10. The topological polar surface area (TPSA) is 47.0 Å². The smallest absolute Gasteiger partial charge is 0.212 e. The molecule has 1 saturated heterocycles. The van der Waals surface area contributed by atoms with Crippen LogP contribution < -0.4 is 10.1 Å². The van der Waals surface area contributed by atoms with E-state index in [1.54, 1.807) is 18.4 Å². The Morgan fingerprint density at radius 2 is 2.32 bits per heavy atom. The van der Waals surface area contributed by atoms with Crippen LogP contribution >= 0.6 is 11.3 Å². The first-order chi connectivity index (χ1) is 9.36. The van der Waals surface area contributed by atoms with Crippen LogP contribution in [-0.4, -0.2) is 23.6 Å². The molecule has 3 heterocycles. The van der Waals surface area contributed by atoms with Gasteiger partial charge in [-0.05, 0) is 25.5 Å². The largest absolute Gasteiger partial charge is 0.481 e. The number of nitrogens with one attached hydrogen (secondary N) is 1. The summed E-state index contributed by atoms with van der Waals surface area (Å²) in [6.07, 6.45) is 5.56. The van der Waals surface area contributed by atoms with Crippen LogP contribution in [0.5, 0.6) is 5.88 Å². The first-order valence-electron chi connectivity index (χ1n) is 6.56. The fraction of sp³-hybridized carbons (Fsp3) is 0.429. The van der Waals surface area contributed by atoms with Crippen LogP contribution in [0.2, 0.25) is 0 Å². The van der Waals surface area contributed by atoms with Crippen molar-refractivity contribution in [2.75, 3.05) is 13.7 Å². The molecule has 0 bridgehead atoms. The minimum absolute atomic E-state index is 0.421. The molecule has 0 radical (unpaired) electrons. The van der Waals surface area contributed by atoms with E-state index in [0.717, 1.165) is 22.8 Å². The van der Waals surface area contributed by atoms with E-state index in [4.69, 9.17) is 9.72 Å². The fourth-order valence-corrected chi connectivity index (χ4v) is 3.17. The highest BCUT2D eigenvalue weighted by atomic mass is 32.1. The molecule has 0 spiro atoms. The van der Waals surface area contributed by atoms with Crippen molar-refractivity contribution in [1.29, 1.82) is 0 Å². The number of thiazole rings is 1. The molecular weight excluding hydrogens is 258 g/mol. The van der Waals surface area contributed by atoms with Crippen LogP contribution in [0.1, 0.15) is 31.0 Å². The minimum atomic E-state index is 0.421. The molecule has 1 aliphatic heterocycles. The van der Waals surface area contributed by atoms with Gasteiger partial charge in [0.1, 0.15) is 5.01 Å². The monoisotopic (exact) mass is 275 g/mol. The number of methoxy groups -OCH3 is 1. The van der Waals surface area contributed by atoms with E-state index in [9.17, 15) is 0 Å². The van der Waals surface area contributed by atoms with Gasteiger partial charge in [0, 0.05) is 23.2 Å². The number of rotatable bonds is 3. The summed E-state index contributed by atoms with van der Waals surface area (Å²) in [7, 11) is 1.62. The van der Waals surface area contributed by atoms with Crippen LogP contribution in [-0.2, 0) is 0 Å². The van der Waals surface area contributed by atoms with Gasteiger partial charge in [0.05, 0.1) is 18.8 Å². The molecule has 0 unspecified atom stereocenters. The third kappa shape index (κ3) is 2.77. The number of pyridine rings is 1. The Bertz CT molecular complexity index is 532. The van der Waals surface area contributed by atoms with E-state index in [-0.39, 0.29) is 0 Å². The van der Waals surface area contributed by atoms with Crippen molar-refractivity contribution in [3.63, 3.8) is 0 Å². The molecule has 0 saturated carbocycles. The molecule has 1 aliphatic rings. The second-order valence-corrected chi connectivity index (χ2v) is 5.53. The van der Waals surface area contributed by atoms with Gasteiger partial charge in [-0.1, -0.05) is 6.42 Å². The normalized spacial score (nSPS) is 19.3. The van der Waals surface area contributed by atoms with Gasteiger partial charge in [0.2, 0.25) is 5.88 Å². The lowest BCUT2D eigenvalue weighted by atomic mass is 10.0. The minimum Gasteiger partial charge on any atom is -0.481 e. The number of aromatic nitrogens is 2. The highest BCUT2D eigenvalue weighted by molar-refractivity contribution is 7.13. The molecule has 1 atom stereocenters. The van der Waals surface area contributed by atoms with Crippen LogP contribution in [0.15, 0.2) is 23.7 Å². The molecular formula is C14H17N3OS. The highest BCUT2D eigenvalue weighted by Crippen LogP contribution is 2.29. The number of ether oxygens (including phenoxy) is 1. The molecule has 4 nitrogen and oxygen atoms in total. The predicted molar refractivity (Wildman–Crippen MR) is 76.5 cm³/mol. The van der Waals surface area contributed by atoms with Gasteiger partial charge in [-0.2, -0.15) is 0 Å². The van der Waals surface area contributed by atoms with E-state index in [0.29, 0.717) is 11.9 Å². The molecule has 2 aromatic heterocycles. The lowest BCUT2D eigenvalue weighted by Crippen LogP contribution is -2.26. The Morgan fingerprint density at radius 1 is 1.37 bits per heavy atom. The maximum absolute atomic E-state index is 5.07. The predicted octanol–water partition coefficient (Wildman–Crippen LogP) is 3.03. The van der Waals surface area contributed by atoms with Crippen LogP contribution in [0, 0.1) is 0 Å². The standard InChI is InChI=1S/C14H17N3OS/c1-18-13-6-5-10(8-16-13)14-17-12(9-19-14)11-4-2-3-7-15-11/h5-6,8-9,11,15H,2-4,7H2,1H3/t11-/m1/s1. The maximum Gasteiger partial charge on any atom is 0.212 e. The first kappa shape index (κ1) is 12.6. The van der Waals surface area contributed by atoms with E-state index < -0.39 is 0 Å². The zero-order chi connectivity index (χ0) is 13.1. The molecule has 0 amide bonds. The van der Waals surface area contributed by atoms with Crippen molar-refractivity contribution < 1.29 is 4.74 Å². The molecule has 2 aromatic rings. The average Bonchev–Trinajstić information content (AvgIpc) is 2.98. The molecule has 3 rings (SSSR count). The Morgan fingerprint density at radius 3 is 3.00 bits per heavy atom. The van der Waals surface area contributed by atoms with Gasteiger partial charge in [-0.3, -0.25) is 0 Å². The van der Waals surface area contributed by atoms with E-state index in [2.05, 4.69) is 15.7 Å². The first-order valence-corrected chi connectivity index (χ1v) is 7.44.